The predicted molar refractivity (Wildman–Crippen MR) is 84.3 cm³/mol. The minimum absolute atomic E-state index is 0.0147. The van der Waals surface area contributed by atoms with E-state index in [0.717, 1.165) is 5.56 Å². The lowest BCUT2D eigenvalue weighted by Gasteiger charge is -2.11. The minimum atomic E-state index is -3.94. The van der Waals surface area contributed by atoms with Gasteiger partial charge in [0.05, 0.1) is 10.7 Å². The number of hydrogen-bond acceptors (Lipinski definition) is 3. The standard InChI is InChI=1S/C13H11BrClFN2O2S/c14-9-6-8(7-17)4-5-12(9)21(19,20)18-11-3-1-2-10(15)13(11)16/h1-6,18H,7,17H2. The van der Waals surface area contributed by atoms with Crippen LogP contribution in [0.4, 0.5) is 10.1 Å². The molecule has 0 spiro atoms. The highest BCUT2D eigenvalue weighted by Crippen LogP contribution is 2.28. The van der Waals surface area contributed by atoms with Crippen molar-refractivity contribution in [3.05, 3.63) is 57.3 Å². The lowest BCUT2D eigenvalue weighted by Crippen LogP contribution is -2.15. The second-order valence-corrected chi connectivity index (χ2v) is 7.09. The maximum atomic E-state index is 13.8. The van der Waals surface area contributed by atoms with E-state index < -0.39 is 15.8 Å². The van der Waals surface area contributed by atoms with Crippen molar-refractivity contribution in [3.63, 3.8) is 0 Å². The van der Waals surface area contributed by atoms with Crippen LogP contribution < -0.4 is 10.5 Å². The Balaban J connectivity index is 2.41. The fourth-order valence-electron chi connectivity index (χ4n) is 1.67. The molecule has 3 N–H and O–H groups in total. The van der Waals surface area contributed by atoms with E-state index in [1.54, 1.807) is 12.1 Å². The summed E-state index contributed by atoms with van der Waals surface area (Å²) in [6, 6.07) is 8.67. The van der Waals surface area contributed by atoms with Crippen molar-refractivity contribution in [2.45, 2.75) is 11.4 Å². The van der Waals surface area contributed by atoms with Crippen LogP contribution in [0, 0.1) is 5.82 Å². The lowest BCUT2D eigenvalue weighted by atomic mass is 10.2. The number of nitrogens with one attached hydrogen (secondary N) is 1. The summed E-state index contributed by atoms with van der Waals surface area (Å²) in [6.45, 7) is 0.287. The summed E-state index contributed by atoms with van der Waals surface area (Å²) in [4.78, 5) is -0.0147. The fourth-order valence-corrected chi connectivity index (χ4v) is 4.03. The van der Waals surface area contributed by atoms with Crippen LogP contribution in [-0.2, 0) is 16.6 Å². The Morgan fingerprint density at radius 1 is 1.29 bits per heavy atom. The summed E-state index contributed by atoms with van der Waals surface area (Å²) in [5.41, 5.74) is 6.05. The second kappa shape index (κ2) is 6.31. The zero-order chi connectivity index (χ0) is 15.6. The average molecular weight is 394 g/mol. The lowest BCUT2D eigenvalue weighted by molar-refractivity contribution is 0.598. The molecule has 0 bridgehead atoms. The number of anilines is 1. The van der Waals surface area contributed by atoms with Crippen molar-refractivity contribution in [2.75, 3.05) is 4.72 Å². The molecule has 0 amide bonds. The highest BCUT2D eigenvalue weighted by Gasteiger charge is 2.20. The largest absolute Gasteiger partial charge is 0.326 e. The van der Waals surface area contributed by atoms with Crippen molar-refractivity contribution in [3.8, 4) is 0 Å². The molecule has 2 aromatic rings. The number of rotatable bonds is 4. The van der Waals surface area contributed by atoms with Gasteiger partial charge in [-0.25, -0.2) is 12.8 Å². The summed E-state index contributed by atoms with van der Waals surface area (Å²) < 4.78 is 40.9. The molecule has 21 heavy (non-hydrogen) atoms. The fraction of sp³-hybridized carbons (Fsp3) is 0.0769. The Bertz CT molecular complexity index is 784. The molecule has 0 aliphatic heterocycles. The minimum Gasteiger partial charge on any atom is -0.326 e. The quantitative estimate of drug-likeness (QED) is 0.835. The summed E-state index contributed by atoms with van der Waals surface area (Å²) in [7, 11) is -3.94. The molecule has 0 saturated carbocycles. The molecule has 8 heteroatoms. The molecular weight excluding hydrogens is 383 g/mol. The number of sulfonamides is 1. The van der Waals surface area contributed by atoms with Gasteiger partial charge in [0.25, 0.3) is 10.0 Å². The van der Waals surface area contributed by atoms with Gasteiger partial charge in [0.1, 0.15) is 4.90 Å². The predicted octanol–water partition coefficient (Wildman–Crippen LogP) is 3.50. The van der Waals surface area contributed by atoms with Gasteiger partial charge in [-0.05, 0) is 45.8 Å². The van der Waals surface area contributed by atoms with Crippen molar-refractivity contribution in [1.29, 1.82) is 0 Å². The molecular formula is C13H11BrClFN2O2S. The molecule has 2 aromatic carbocycles. The molecule has 0 saturated heterocycles. The van der Waals surface area contributed by atoms with Crippen LogP contribution in [-0.4, -0.2) is 8.42 Å². The van der Waals surface area contributed by atoms with Gasteiger partial charge in [0.15, 0.2) is 5.82 Å². The first kappa shape index (κ1) is 16.2. The molecule has 0 fully saturated rings. The van der Waals surface area contributed by atoms with Crippen molar-refractivity contribution < 1.29 is 12.8 Å². The second-order valence-electron chi connectivity index (χ2n) is 4.18. The van der Waals surface area contributed by atoms with Crippen LogP contribution >= 0.6 is 27.5 Å². The van der Waals surface area contributed by atoms with E-state index >= 15 is 0 Å². The van der Waals surface area contributed by atoms with Crippen molar-refractivity contribution in [1.82, 2.24) is 0 Å². The van der Waals surface area contributed by atoms with E-state index in [-0.39, 0.29) is 22.2 Å². The van der Waals surface area contributed by atoms with Crippen molar-refractivity contribution in [2.24, 2.45) is 5.73 Å². The molecule has 0 radical (unpaired) electrons. The third-order valence-corrected chi connectivity index (χ3v) is 5.35. The first-order valence-electron chi connectivity index (χ1n) is 5.80. The van der Waals surface area contributed by atoms with Crippen LogP contribution in [0.5, 0.6) is 0 Å². The number of nitrogens with two attached hydrogens (primary N) is 1. The summed E-state index contributed by atoms with van der Waals surface area (Å²) >= 11 is 8.80. The van der Waals surface area contributed by atoms with Gasteiger partial charge in [-0.1, -0.05) is 23.7 Å². The van der Waals surface area contributed by atoms with E-state index in [1.165, 1.54) is 24.3 Å². The molecule has 2 rings (SSSR count). The van der Waals surface area contributed by atoms with E-state index in [4.69, 9.17) is 17.3 Å². The monoisotopic (exact) mass is 392 g/mol. The topological polar surface area (TPSA) is 72.2 Å². The van der Waals surface area contributed by atoms with E-state index in [2.05, 4.69) is 20.7 Å². The zero-order valence-electron chi connectivity index (χ0n) is 10.6. The Hall–Kier alpha value is -1.15. The first-order chi connectivity index (χ1) is 9.85. The molecule has 4 nitrogen and oxygen atoms in total. The van der Waals surface area contributed by atoms with E-state index in [0.29, 0.717) is 4.47 Å². The Morgan fingerprint density at radius 3 is 2.62 bits per heavy atom. The van der Waals surface area contributed by atoms with Gasteiger partial charge in [-0.15, -0.1) is 0 Å². The van der Waals surface area contributed by atoms with Gasteiger partial charge in [-0.3, -0.25) is 4.72 Å². The Morgan fingerprint density at radius 2 is 2.00 bits per heavy atom. The zero-order valence-corrected chi connectivity index (χ0v) is 13.8. The normalized spacial score (nSPS) is 11.4. The van der Waals surface area contributed by atoms with Crippen LogP contribution in [0.1, 0.15) is 5.56 Å². The summed E-state index contributed by atoms with van der Waals surface area (Å²) in [5, 5.41) is -0.159. The molecule has 0 atom stereocenters. The van der Waals surface area contributed by atoms with Crippen LogP contribution in [0.3, 0.4) is 0 Å². The maximum absolute atomic E-state index is 13.8. The van der Waals surface area contributed by atoms with Crippen LogP contribution in [0.2, 0.25) is 5.02 Å². The first-order valence-corrected chi connectivity index (χ1v) is 8.46. The Kier molecular flexibility index (Phi) is 4.88. The van der Waals surface area contributed by atoms with Gasteiger partial charge in [-0.2, -0.15) is 0 Å². The van der Waals surface area contributed by atoms with Gasteiger partial charge in [0.2, 0.25) is 0 Å². The molecule has 0 unspecified atom stereocenters. The van der Waals surface area contributed by atoms with Gasteiger partial charge >= 0.3 is 0 Å². The Labute approximate surface area is 135 Å². The third-order valence-electron chi connectivity index (χ3n) is 2.72. The number of halogens is 3. The van der Waals surface area contributed by atoms with Gasteiger partial charge < -0.3 is 5.73 Å². The van der Waals surface area contributed by atoms with Crippen LogP contribution in [0.25, 0.3) is 0 Å². The van der Waals surface area contributed by atoms with Gasteiger partial charge in [0, 0.05) is 11.0 Å². The summed E-state index contributed by atoms with van der Waals surface area (Å²) in [5.74, 6) is -0.822. The third kappa shape index (κ3) is 3.55. The van der Waals surface area contributed by atoms with E-state index in [1.807, 2.05) is 0 Å². The average Bonchev–Trinajstić information content (AvgIpc) is 2.43. The maximum Gasteiger partial charge on any atom is 0.263 e. The summed E-state index contributed by atoms with van der Waals surface area (Å²) in [6.07, 6.45) is 0. The van der Waals surface area contributed by atoms with Crippen molar-refractivity contribution >= 4 is 43.2 Å². The van der Waals surface area contributed by atoms with Crippen LogP contribution in [0.15, 0.2) is 45.8 Å². The number of benzene rings is 2. The molecule has 0 aliphatic carbocycles. The molecule has 0 heterocycles. The molecule has 0 aliphatic rings. The molecule has 0 aromatic heterocycles. The smallest absolute Gasteiger partial charge is 0.263 e. The van der Waals surface area contributed by atoms with E-state index in [9.17, 15) is 12.8 Å². The molecule has 112 valence electrons. The number of hydrogen-bond donors (Lipinski definition) is 2. The highest BCUT2D eigenvalue weighted by atomic mass is 79.9. The SMILES string of the molecule is NCc1ccc(S(=O)(=O)Nc2cccc(Cl)c2F)c(Br)c1. The highest BCUT2D eigenvalue weighted by molar-refractivity contribution is 9.10.